The predicted molar refractivity (Wildman–Crippen MR) is 111 cm³/mol. The third kappa shape index (κ3) is 6.30. The second-order valence-corrected chi connectivity index (χ2v) is 6.98. The molecular weight excluding hydrogens is 352 g/mol. The molecule has 3 N–H and O–H groups in total. The molecule has 0 aromatic heterocycles. The van der Waals surface area contributed by atoms with Crippen LogP contribution in [0.3, 0.4) is 0 Å². The number of guanidine groups is 1. The summed E-state index contributed by atoms with van der Waals surface area (Å²) in [6.45, 7) is 2.75. The minimum atomic E-state index is -0.0643. The summed E-state index contributed by atoms with van der Waals surface area (Å²) in [7, 11) is 1.76. The van der Waals surface area contributed by atoms with Gasteiger partial charge in [-0.2, -0.15) is 0 Å². The van der Waals surface area contributed by atoms with Crippen LogP contribution in [0, 0.1) is 0 Å². The van der Waals surface area contributed by atoms with Gasteiger partial charge in [0.2, 0.25) is 0 Å². The lowest BCUT2D eigenvalue weighted by molar-refractivity contribution is -0.123. The molecule has 2 aromatic carbocycles. The fourth-order valence-electron chi connectivity index (χ4n) is 2.80. The highest BCUT2D eigenvalue weighted by molar-refractivity contribution is 5.80. The lowest BCUT2D eigenvalue weighted by atomic mass is 10.1. The Labute approximate surface area is 166 Å². The summed E-state index contributed by atoms with van der Waals surface area (Å²) in [5, 5.41) is 9.62. The molecule has 3 rings (SSSR count). The maximum atomic E-state index is 11.8. The topological polar surface area (TPSA) is 74.8 Å². The number of nitrogens with zero attached hydrogens (tertiary/aromatic N) is 1. The third-order valence-corrected chi connectivity index (χ3v) is 4.55. The smallest absolute Gasteiger partial charge is 0.258 e. The van der Waals surface area contributed by atoms with Crippen molar-refractivity contribution in [3.63, 3.8) is 0 Å². The number of rotatable bonds is 8. The van der Waals surface area contributed by atoms with Crippen LogP contribution in [0.2, 0.25) is 0 Å². The summed E-state index contributed by atoms with van der Waals surface area (Å²) < 4.78 is 5.61. The molecule has 2 aromatic rings. The zero-order chi connectivity index (χ0) is 19.8. The van der Waals surface area contributed by atoms with Crippen molar-refractivity contribution in [1.29, 1.82) is 0 Å². The molecule has 1 fully saturated rings. The molecule has 0 spiro atoms. The van der Waals surface area contributed by atoms with Crippen LogP contribution in [0.25, 0.3) is 0 Å². The van der Waals surface area contributed by atoms with E-state index in [2.05, 4.69) is 40.0 Å². The Kier molecular flexibility index (Phi) is 6.89. The van der Waals surface area contributed by atoms with E-state index >= 15 is 0 Å². The van der Waals surface area contributed by atoms with Gasteiger partial charge in [-0.15, -0.1) is 0 Å². The normalized spacial score (nSPS) is 14.9. The van der Waals surface area contributed by atoms with Gasteiger partial charge >= 0.3 is 0 Å². The SMILES string of the molecule is CN=C(NCc1cccc(OCC(=O)NC2CC2)c1)NC(C)c1ccccc1. The summed E-state index contributed by atoms with van der Waals surface area (Å²) in [6.07, 6.45) is 2.15. The lowest BCUT2D eigenvalue weighted by Crippen LogP contribution is -2.38. The van der Waals surface area contributed by atoms with E-state index in [1.165, 1.54) is 5.56 Å². The highest BCUT2D eigenvalue weighted by Gasteiger charge is 2.23. The van der Waals surface area contributed by atoms with Gasteiger partial charge in [-0.25, -0.2) is 0 Å². The van der Waals surface area contributed by atoms with Crippen molar-refractivity contribution in [2.75, 3.05) is 13.7 Å². The Morgan fingerprint density at radius 3 is 2.68 bits per heavy atom. The molecular formula is C22H28N4O2. The van der Waals surface area contributed by atoms with Crippen LogP contribution in [-0.2, 0) is 11.3 Å². The van der Waals surface area contributed by atoms with Crippen LogP contribution in [0.15, 0.2) is 59.6 Å². The first-order chi connectivity index (χ1) is 13.6. The highest BCUT2D eigenvalue weighted by Crippen LogP contribution is 2.18. The monoisotopic (exact) mass is 380 g/mol. The molecule has 0 radical (unpaired) electrons. The number of ether oxygens (including phenoxy) is 1. The van der Waals surface area contributed by atoms with E-state index in [9.17, 15) is 4.79 Å². The number of carbonyl (C=O) groups excluding carboxylic acids is 1. The number of carbonyl (C=O) groups is 1. The van der Waals surface area contributed by atoms with E-state index in [-0.39, 0.29) is 18.6 Å². The molecule has 1 unspecified atom stereocenters. The molecule has 1 atom stereocenters. The summed E-state index contributed by atoms with van der Waals surface area (Å²) in [5.41, 5.74) is 2.25. The van der Waals surface area contributed by atoms with Gasteiger partial charge in [-0.1, -0.05) is 42.5 Å². The molecule has 1 saturated carbocycles. The van der Waals surface area contributed by atoms with Crippen LogP contribution >= 0.6 is 0 Å². The average molecular weight is 380 g/mol. The Balaban J connectivity index is 1.48. The first-order valence-electron chi connectivity index (χ1n) is 9.67. The second-order valence-electron chi connectivity index (χ2n) is 6.98. The maximum Gasteiger partial charge on any atom is 0.258 e. The first-order valence-corrected chi connectivity index (χ1v) is 9.67. The fourth-order valence-corrected chi connectivity index (χ4v) is 2.80. The van der Waals surface area contributed by atoms with E-state index in [1.54, 1.807) is 7.05 Å². The Hall–Kier alpha value is -3.02. The molecule has 0 heterocycles. The van der Waals surface area contributed by atoms with Gasteiger partial charge in [0, 0.05) is 19.6 Å². The summed E-state index contributed by atoms with van der Waals surface area (Å²) in [5.74, 6) is 1.35. The lowest BCUT2D eigenvalue weighted by Gasteiger charge is -2.18. The number of hydrogen-bond acceptors (Lipinski definition) is 3. The van der Waals surface area contributed by atoms with Crippen molar-refractivity contribution in [3.8, 4) is 5.75 Å². The van der Waals surface area contributed by atoms with Crippen LogP contribution < -0.4 is 20.7 Å². The van der Waals surface area contributed by atoms with E-state index < -0.39 is 0 Å². The van der Waals surface area contributed by atoms with Crippen LogP contribution in [0.5, 0.6) is 5.75 Å². The van der Waals surface area contributed by atoms with Crippen LogP contribution in [-0.4, -0.2) is 31.6 Å². The Morgan fingerprint density at radius 2 is 1.96 bits per heavy atom. The predicted octanol–water partition coefficient (Wildman–Crippen LogP) is 2.77. The fraction of sp³-hybridized carbons (Fsp3) is 0.364. The van der Waals surface area contributed by atoms with E-state index in [0.29, 0.717) is 18.3 Å². The number of hydrogen-bond donors (Lipinski definition) is 3. The first kappa shape index (κ1) is 19.7. The molecule has 6 nitrogen and oxygen atoms in total. The Bertz CT molecular complexity index is 803. The van der Waals surface area contributed by atoms with E-state index in [1.807, 2.05) is 42.5 Å². The summed E-state index contributed by atoms with van der Waals surface area (Å²) in [6, 6.07) is 18.5. The van der Waals surface area contributed by atoms with Crippen molar-refractivity contribution in [1.82, 2.24) is 16.0 Å². The van der Waals surface area contributed by atoms with Gasteiger partial charge in [0.25, 0.3) is 5.91 Å². The summed E-state index contributed by atoms with van der Waals surface area (Å²) >= 11 is 0. The molecule has 0 saturated heterocycles. The Morgan fingerprint density at radius 1 is 1.18 bits per heavy atom. The van der Waals surface area contributed by atoms with Gasteiger partial charge in [-0.3, -0.25) is 9.79 Å². The number of benzene rings is 2. The molecule has 1 aliphatic carbocycles. The quantitative estimate of drug-likeness (QED) is 0.486. The van der Waals surface area contributed by atoms with Crippen molar-refractivity contribution in [3.05, 3.63) is 65.7 Å². The van der Waals surface area contributed by atoms with Gasteiger partial charge in [0.1, 0.15) is 5.75 Å². The molecule has 6 heteroatoms. The van der Waals surface area contributed by atoms with Crippen molar-refractivity contribution < 1.29 is 9.53 Å². The molecule has 1 amide bonds. The van der Waals surface area contributed by atoms with Gasteiger partial charge in [-0.05, 0) is 43.0 Å². The van der Waals surface area contributed by atoms with E-state index in [4.69, 9.17) is 4.74 Å². The van der Waals surface area contributed by atoms with Crippen LogP contribution in [0.4, 0.5) is 0 Å². The molecule has 28 heavy (non-hydrogen) atoms. The van der Waals surface area contributed by atoms with Crippen molar-refractivity contribution in [2.24, 2.45) is 4.99 Å². The van der Waals surface area contributed by atoms with Gasteiger partial charge < -0.3 is 20.7 Å². The number of nitrogens with one attached hydrogen (secondary N) is 3. The largest absolute Gasteiger partial charge is 0.484 e. The molecule has 148 valence electrons. The summed E-state index contributed by atoms with van der Waals surface area (Å²) in [4.78, 5) is 16.0. The van der Waals surface area contributed by atoms with Crippen molar-refractivity contribution >= 4 is 11.9 Å². The van der Waals surface area contributed by atoms with E-state index in [0.717, 1.165) is 24.4 Å². The molecule has 0 aliphatic heterocycles. The van der Waals surface area contributed by atoms with Gasteiger partial charge in [0.05, 0.1) is 6.04 Å². The maximum absolute atomic E-state index is 11.8. The average Bonchev–Trinajstić information content (AvgIpc) is 3.54. The third-order valence-electron chi connectivity index (χ3n) is 4.55. The van der Waals surface area contributed by atoms with Crippen LogP contribution in [0.1, 0.15) is 36.9 Å². The minimum Gasteiger partial charge on any atom is -0.484 e. The molecule has 0 bridgehead atoms. The number of aliphatic imine (C=N–C) groups is 1. The minimum absolute atomic E-state index is 0.0468. The zero-order valence-electron chi connectivity index (χ0n) is 16.4. The highest BCUT2D eigenvalue weighted by atomic mass is 16.5. The zero-order valence-corrected chi connectivity index (χ0v) is 16.4. The molecule has 1 aliphatic rings. The van der Waals surface area contributed by atoms with Crippen molar-refractivity contribution in [2.45, 2.75) is 38.4 Å². The second kappa shape index (κ2) is 9.78. The number of amides is 1. The van der Waals surface area contributed by atoms with Gasteiger partial charge in [0.15, 0.2) is 12.6 Å². The standard InChI is InChI=1S/C22H28N4O2/c1-16(18-8-4-3-5-9-18)25-22(23-2)24-14-17-7-6-10-20(13-17)28-15-21(27)26-19-11-12-19/h3-10,13,16,19H,11-12,14-15H2,1-2H3,(H,26,27)(H2,23,24,25).